The van der Waals surface area contributed by atoms with Crippen molar-refractivity contribution in [1.82, 2.24) is 10.7 Å². The van der Waals surface area contributed by atoms with Crippen molar-refractivity contribution < 1.29 is 4.74 Å². The van der Waals surface area contributed by atoms with E-state index in [1.807, 2.05) is 12.1 Å². The molecular formula is C13H22N4O. The second-order valence-corrected chi connectivity index (χ2v) is 4.01. The van der Waals surface area contributed by atoms with E-state index >= 15 is 0 Å². The molecule has 0 heterocycles. The fourth-order valence-corrected chi connectivity index (χ4v) is 1.53. The summed E-state index contributed by atoms with van der Waals surface area (Å²) < 4.78 is 4.97. The van der Waals surface area contributed by atoms with Crippen LogP contribution in [0.1, 0.15) is 17.5 Å². The van der Waals surface area contributed by atoms with Crippen molar-refractivity contribution >= 4 is 5.96 Å². The molecule has 1 aromatic carbocycles. The molecule has 4 N–H and O–H groups in total. The van der Waals surface area contributed by atoms with Crippen molar-refractivity contribution in [2.45, 2.75) is 19.9 Å². The van der Waals surface area contributed by atoms with E-state index in [1.54, 1.807) is 7.11 Å². The van der Waals surface area contributed by atoms with Crippen molar-refractivity contribution in [3.63, 3.8) is 0 Å². The second kappa shape index (κ2) is 8.49. The van der Waals surface area contributed by atoms with Gasteiger partial charge in [-0.15, -0.1) is 0 Å². The largest absolute Gasteiger partial charge is 0.385 e. The van der Waals surface area contributed by atoms with Crippen molar-refractivity contribution in [2.24, 2.45) is 10.8 Å². The van der Waals surface area contributed by atoms with E-state index in [0.717, 1.165) is 19.6 Å². The Morgan fingerprint density at radius 1 is 1.39 bits per heavy atom. The minimum absolute atomic E-state index is 0.606. The molecule has 0 unspecified atom stereocenters. The zero-order chi connectivity index (χ0) is 13.2. The van der Waals surface area contributed by atoms with Gasteiger partial charge in [-0.25, -0.2) is 10.8 Å². The summed E-state index contributed by atoms with van der Waals surface area (Å²) in [7, 11) is 1.69. The predicted octanol–water partition coefficient (Wildman–Crippen LogP) is 0.940. The number of benzene rings is 1. The number of nitrogens with zero attached hydrogens (tertiary/aromatic N) is 1. The average molecular weight is 250 g/mol. The zero-order valence-electron chi connectivity index (χ0n) is 11.1. The number of aryl methyl sites for hydroxylation is 1. The first-order chi connectivity index (χ1) is 8.77. The van der Waals surface area contributed by atoms with Gasteiger partial charge in [0.15, 0.2) is 0 Å². The molecule has 0 aromatic heterocycles. The summed E-state index contributed by atoms with van der Waals surface area (Å²) in [6.07, 6.45) is 0.918. The first-order valence-corrected chi connectivity index (χ1v) is 6.06. The maximum Gasteiger partial charge on any atom is 0.206 e. The summed E-state index contributed by atoms with van der Waals surface area (Å²) in [6.45, 7) is 4.20. The summed E-state index contributed by atoms with van der Waals surface area (Å²) in [5, 5.41) is 3.13. The number of ether oxygens (including phenoxy) is 1. The highest BCUT2D eigenvalue weighted by Gasteiger charge is 1.98. The van der Waals surface area contributed by atoms with Gasteiger partial charge in [-0.05, 0) is 24.5 Å². The Kier molecular flexibility index (Phi) is 6.83. The summed E-state index contributed by atoms with van der Waals surface area (Å²) in [5.74, 6) is 6.02. The minimum atomic E-state index is 0.606. The Morgan fingerprint density at radius 3 is 2.83 bits per heavy atom. The highest BCUT2D eigenvalue weighted by atomic mass is 16.5. The molecule has 0 amide bonds. The molecule has 1 rings (SSSR count). The van der Waals surface area contributed by atoms with E-state index in [1.165, 1.54) is 11.1 Å². The van der Waals surface area contributed by atoms with Gasteiger partial charge in [-0.3, -0.25) is 5.43 Å². The Morgan fingerprint density at radius 2 is 2.17 bits per heavy atom. The smallest absolute Gasteiger partial charge is 0.206 e. The van der Waals surface area contributed by atoms with Crippen molar-refractivity contribution in [1.29, 1.82) is 0 Å². The van der Waals surface area contributed by atoms with Crippen molar-refractivity contribution in [3.05, 3.63) is 35.4 Å². The second-order valence-electron chi connectivity index (χ2n) is 4.01. The number of guanidine groups is 1. The van der Waals surface area contributed by atoms with Crippen LogP contribution in [0.4, 0.5) is 0 Å². The molecule has 0 radical (unpaired) electrons. The third kappa shape index (κ3) is 5.16. The van der Waals surface area contributed by atoms with Gasteiger partial charge in [-0.2, -0.15) is 0 Å². The van der Waals surface area contributed by atoms with E-state index in [-0.39, 0.29) is 0 Å². The molecule has 0 aliphatic rings. The molecule has 18 heavy (non-hydrogen) atoms. The maximum absolute atomic E-state index is 5.42. The Bertz CT molecular complexity index is 379. The standard InChI is InChI=1S/C13H22N4O/c1-11-6-3-4-7-12(11)10-16-13(17-14)15-8-5-9-18-2/h3-4,6-7H,5,8-10,14H2,1-2H3,(H2,15,16,17). The number of aliphatic imine (C=N–C) groups is 1. The molecule has 0 bridgehead atoms. The number of rotatable bonds is 6. The van der Waals surface area contributed by atoms with Crippen molar-refractivity contribution in [2.75, 3.05) is 20.3 Å². The van der Waals surface area contributed by atoms with Gasteiger partial charge in [-0.1, -0.05) is 24.3 Å². The molecule has 1 aromatic rings. The summed E-state index contributed by atoms with van der Waals surface area (Å²) in [6, 6.07) is 8.18. The van der Waals surface area contributed by atoms with Gasteiger partial charge in [0.25, 0.3) is 0 Å². The number of hydrazine groups is 1. The van der Waals surface area contributed by atoms with Crippen LogP contribution >= 0.6 is 0 Å². The number of nitrogens with two attached hydrogens (primary N) is 1. The van der Waals surface area contributed by atoms with Crippen LogP contribution in [0.15, 0.2) is 29.3 Å². The number of hydrogen-bond donors (Lipinski definition) is 3. The third-order valence-electron chi connectivity index (χ3n) is 2.62. The lowest BCUT2D eigenvalue weighted by Crippen LogP contribution is -2.42. The topological polar surface area (TPSA) is 71.7 Å². The van der Waals surface area contributed by atoms with E-state index in [2.05, 4.69) is 34.8 Å². The minimum Gasteiger partial charge on any atom is -0.385 e. The highest BCUT2D eigenvalue weighted by molar-refractivity contribution is 5.79. The lowest BCUT2D eigenvalue weighted by molar-refractivity contribution is 0.195. The van der Waals surface area contributed by atoms with Gasteiger partial charge >= 0.3 is 0 Å². The predicted molar refractivity (Wildman–Crippen MR) is 74.1 cm³/mol. The molecule has 0 fully saturated rings. The van der Waals surface area contributed by atoms with Crippen LogP contribution in [0.25, 0.3) is 0 Å². The Hall–Kier alpha value is -1.59. The van der Waals surface area contributed by atoms with Gasteiger partial charge in [0, 0.05) is 20.3 Å². The summed E-state index contributed by atoms with van der Waals surface area (Å²) in [4.78, 5) is 4.40. The Balaban J connectivity index is 2.45. The van der Waals surface area contributed by atoms with Gasteiger partial charge in [0.2, 0.25) is 5.96 Å². The van der Waals surface area contributed by atoms with Crippen molar-refractivity contribution in [3.8, 4) is 0 Å². The molecule has 100 valence electrons. The van der Waals surface area contributed by atoms with Crippen LogP contribution in [0, 0.1) is 6.92 Å². The fraction of sp³-hybridized carbons (Fsp3) is 0.462. The monoisotopic (exact) mass is 250 g/mol. The van der Waals surface area contributed by atoms with Crippen LogP contribution in [-0.2, 0) is 11.3 Å². The molecule has 5 heteroatoms. The maximum atomic E-state index is 5.42. The fourth-order valence-electron chi connectivity index (χ4n) is 1.53. The van der Waals surface area contributed by atoms with Crippen LogP contribution in [0.5, 0.6) is 0 Å². The van der Waals surface area contributed by atoms with E-state index in [0.29, 0.717) is 12.5 Å². The number of methoxy groups -OCH3 is 1. The van der Waals surface area contributed by atoms with Gasteiger partial charge < -0.3 is 10.1 Å². The normalized spacial score (nSPS) is 11.4. The lowest BCUT2D eigenvalue weighted by Gasteiger charge is -2.09. The van der Waals surface area contributed by atoms with Crippen LogP contribution < -0.4 is 16.6 Å². The Labute approximate surface area is 108 Å². The molecule has 0 atom stereocenters. The lowest BCUT2D eigenvalue weighted by atomic mass is 10.1. The average Bonchev–Trinajstić information content (AvgIpc) is 2.40. The molecular weight excluding hydrogens is 228 g/mol. The molecule has 0 spiro atoms. The summed E-state index contributed by atoms with van der Waals surface area (Å²) >= 11 is 0. The third-order valence-corrected chi connectivity index (χ3v) is 2.62. The first-order valence-electron chi connectivity index (χ1n) is 6.06. The number of hydrogen-bond acceptors (Lipinski definition) is 3. The van der Waals surface area contributed by atoms with E-state index in [9.17, 15) is 0 Å². The van der Waals surface area contributed by atoms with Gasteiger partial charge in [0.1, 0.15) is 0 Å². The summed E-state index contributed by atoms with van der Waals surface area (Å²) in [5.41, 5.74) is 5.00. The van der Waals surface area contributed by atoms with E-state index in [4.69, 9.17) is 10.6 Å². The van der Waals surface area contributed by atoms with Crippen LogP contribution in [0.3, 0.4) is 0 Å². The quantitative estimate of drug-likeness (QED) is 0.231. The van der Waals surface area contributed by atoms with Crippen LogP contribution in [0.2, 0.25) is 0 Å². The molecule has 5 nitrogen and oxygen atoms in total. The molecule has 0 saturated heterocycles. The highest BCUT2D eigenvalue weighted by Crippen LogP contribution is 2.07. The SMILES string of the molecule is COCCCNC(=NCc1ccccc1C)NN. The van der Waals surface area contributed by atoms with E-state index < -0.39 is 0 Å². The van der Waals surface area contributed by atoms with Gasteiger partial charge in [0.05, 0.1) is 6.54 Å². The molecule has 0 saturated carbocycles. The number of nitrogens with one attached hydrogen (secondary N) is 2. The molecule has 0 aliphatic heterocycles. The molecule has 0 aliphatic carbocycles. The van der Waals surface area contributed by atoms with Crippen LogP contribution in [-0.4, -0.2) is 26.2 Å². The first kappa shape index (κ1) is 14.5. The zero-order valence-corrected chi connectivity index (χ0v) is 11.1.